The second-order valence-electron chi connectivity index (χ2n) is 26.1. The van der Waals surface area contributed by atoms with Gasteiger partial charge in [0.25, 0.3) is 0 Å². The Kier molecular flexibility index (Phi) is 29.0. The highest BCUT2D eigenvalue weighted by atomic mass is 19.1. The molecule has 0 aliphatic carbocycles. The minimum Gasteiger partial charge on any atom is -0.508 e. The van der Waals surface area contributed by atoms with Crippen LogP contribution in [0.3, 0.4) is 0 Å². The van der Waals surface area contributed by atoms with E-state index >= 15 is 0 Å². The third-order valence-corrected chi connectivity index (χ3v) is 17.0. The highest BCUT2D eigenvalue weighted by Gasteiger charge is 2.07. The predicted molar refractivity (Wildman–Crippen MR) is 474 cm³/mol. The van der Waals surface area contributed by atoms with Gasteiger partial charge in [0.15, 0.2) is 0 Å². The van der Waals surface area contributed by atoms with Gasteiger partial charge in [-0.15, -0.1) is 0 Å². The van der Waals surface area contributed by atoms with E-state index in [1.807, 2.05) is 241 Å². The van der Waals surface area contributed by atoms with E-state index in [0.717, 1.165) is 117 Å². The fourth-order valence-electron chi connectivity index (χ4n) is 10.9. The zero-order valence-electron chi connectivity index (χ0n) is 65.2. The Balaban J connectivity index is 0.000000144. The number of halogens is 1. The van der Waals surface area contributed by atoms with Crippen molar-refractivity contribution in [3.63, 3.8) is 0 Å². The Labute approximate surface area is 677 Å². The topological polar surface area (TPSA) is 261 Å². The second-order valence-corrected chi connectivity index (χ2v) is 26.1. The van der Waals surface area contributed by atoms with E-state index in [-0.39, 0.29) is 34.3 Å². The fourth-order valence-corrected chi connectivity index (χ4v) is 10.9. The Morgan fingerprint density at radius 2 is 0.769 bits per heavy atom. The SMILES string of the molecule is CCc1ccc(C#C/C=C/c2cc3cc(O)ccc3o2)c(F)n1.CN(C)c1ccc(/C=C/C=C/c2ccc3cc(O)ccc3n2)cn1.CN(C)c1ccc(C#C/C=C/c2ccc3cc(O)ccc3n2)cn1.CNc1ccc(/C=C/C=C/c2ccc3cc(O)ccc3n2)cn1.CNc1ccc(C#C/C=C/c2ccc3cc(O)ccc3n2)cn1. The summed E-state index contributed by atoms with van der Waals surface area (Å²) in [6.45, 7) is 1.92. The van der Waals surface area contributed by atoms with Crippen LogP contribution >= 0.6 is 0 Å². The molecule has 0 atom stereocenters. The number of benzene rings is 5. The van der Waals surface area contributed by atoms with Crippen molar-refractivity contribution < 1.29 is 34.3 Å². The van der Waals surface area contributed by atoms with Crippen molar-refractivity contribution in [3.05, 3.63) is 342 Å². The summed E-state index contributed by atoms with van der Waals surface area (Å²) in [5, 5.41) is 57.7. The first-order valence-corrected chi connectivity index (χ1v) is 36.9. The molecule has 0 amide bonds. The summed E-state index contributed by atoms with van der Waals surface area (Å²) in [5.41, 5.74) is 12.3. The van der Waals surface area contributed by atoms with Crippen LogP contribution in [0.4, 0.5) is 27.7 Å². The molecular weight excluding hydrogens is 1460 g/mol. The summed E-state index contributed by atoms with van der Waals surface area (Å²) >= 11 is 0. The molecule has 7 N–H and O–H groups in total. The molecule has 15 aromatic rings. The van der Waals surface area contributed by atoms with Crippen LogP contribution in [0.25, 0.3) is 97.1 Å². The quantitative estimate of drug-likeness (QED) is 0.0303. The molecule has 0 saturated carbocycles. The summed E-state index contributed by atoms with van der Waals surface area (Å²) in [6.07, 6.45) is 34.1. The molecule has 578 valence electrons. The van der Waals surface area contributed by atoms with Gasteiger partial charge in [-0.2, -0.15) is 4.39 Å². The van der Waals surface area contributed by atoms with Crippen molar-refractivity contribution in [2.75, 3.05) is 62.7 Å². The van der Waals surface area contributed by atoms with Gasteiger partial charge in [-0.25, -0.2) is 44.9 Å². The summed E-state index contributed by atoms with van der Waals surface area (Å²) < 4.78 is 19.3. The van der Waals surface area contributed by atoms with Gasteiger partial charge in [0, 0.05) is 111 Å². The number of phenolic OH excluding ortho intramolecular Hbond substituents is 5. The van der Waals surface area contributed by atoms with E-state index < -0.39 is 5.95 Å². The molecule has 10 heterocycles. The predicted octanol–water partition coefficient (Wildman–Crippen LogP) is 19.4. The average molecular weight is 1540 g/mol. The monoisotopic (exact) mass is 1540 g/mol. The van der Waals surface area contributed by atoms with Crippen molar-refractivity contribution in [2.24, 2.45) is 0 Å². The van der Waals surface area contributed by atoms with E-state index in [2.05, 4.69) is 91.0 Å². The molecule has 0 radical (unpaired) electrons. The molecule has 0 aliphatic heterocycles. The molecule has 20 heteroatoms. The first-order chi connectivity index (χ1) is 56.9. The van der Waals surface area contributed by atoms with E-state index in [4.69, 9.17) is 4.42 Å². The number of aromatic hydroxyl groups is 5. The number of pyridine rings is 9. The molecule has 10 aromatic heterocycles. The van der Waals surface area contributed by atoms with Gasteiger partial charge in [0.1, 0.15) is 63.4 Å². The number of anilines is 4. The molecule has 0 saturated heterocycles. The van der Waals surface area contributed by atoms with Crippen molar-refractivity contribution >= 4 is 120 Å². The highest BCUT2D eigenvalue weighted by molar-refractivity contribution is 5.85. The molecule has 0 bridgehead atoms. The number of nitrogens with one attached hydrogen (secondary N) is 2. The second kappa shape index (κ2) is 41.3. The molecule has 0 fully saturated rings. The summed E-state index contributed by atoms with van der Waals surface area (Å²) in [5.74, 6) is 22.3. The van der Waals surface area contributed by atoms with Gasteiger partial charge in [0.2, 0.25) is 5.95 Å². The van der Waals surface area contributed by atoms with Crippen LogP contribution in [0, 0.1) is 41.5 Å². The van der Waals surface area contributed by atoms with Crippen LogP contribution < -0.4 is 20.4 Å². The van der Waals surface area contributed by atoms with Gasteiger partial charge in [0.05, 0.1) is 50.4 Å². The Bertz CT molecular complexity index is 6380. The third-order valence-electron chi connectivity index (χ3n) is 17.0. The van der Waals surface area contributed by atoms with Crippen molar-refractivity contribution in [2.45, 2.75) is 13.3 Å². The third kappa shape index (κ3) is 25.3. The van der Waals surface area contributed by atoms with E-state index in [1.165, 1.54) is 0 Å². The van der Waals surface area contributed by atoms with Gasteiger partial charge in [-0.1, -0.05) is 103 Å². The maximum Gasteiger partial charge on any atom is 0.228 e. The normalized spacial score (nSPS) is 11.0. The first-order valence-electron chi connectivity index (χ1n) is 36.9. The maximum absolute atomic E-state index is 13.7. The number of phenols is 5. The lowest BCUT2D eigenvalue weighted by molar-refractivity contribution is 0.475. The lowest BCUT2D eigenvalue weighted by Gasteiger charge is -2.10. The molecule has 15 rings (SSSR count). The number of furan rings is 1. The largest absolute Gasteiger partial charge is 0.508 e. The van der Waals surface area contributed by atoms with Gasteiger partial charge >= 0.3 is 0 Å². The first kappa shape index (κ1) is 82.0. The number of aryl methyl sites for hydroxylation is 1. The highest BCUT2D eigenvalue weighted by Crippen LogP contribution is 2.27. The van der Waals surface area contributed by atoms with Crippen LogP contribution in [-0.4, -0.2) is 113 Å². The van der Waals surface area contributed by atoms with E-state index in [1.54, 1.807) is 134 Å². The zero-order chi connectivity index (χ0) is 82.3. The summed E-state index contributed by atoms with van der Waals surface area (Å²) in [4.78, 5) is 43.0. The molecule has 19 nitrogen and oxygen atoms in total. The van der Waals surface area contributed by atoms with Crippen LogP contribution in [-0.2, 0) is 6.42 Å². The van der Waals surface area contributed by atoms with E-state index in [0.29, 0.717) is 23.5 Å². The lowest BCUT2D eigenvalue weighted by Crippen LogP contribution is -2.10. The number of aromatic nitrogens is 9. The Morgan fingerprint density at radius 3 is 1.18 bits per heavy atom. The number of nitrogens with zero attached hydrogens (tertiary/aromatic N) is 11. The minimum atomic E-state index is -0.551. The van der Waals surface area contributed by atoms with Crippen LogP contribution in [0.2, 0.25) is 0 Å². The molecule has 117 heavy (non-hydrogen) atoms. The van der Waals surface area contributed by atoms with Crippen LogP contribution in [0.15, 0.2) is 278 Å². The smallest absolute Gasteiger partial charge is 0.228 e. The molecule has 0 spiro atoms. The van der Waals surface area contributed by atoms with Crippen molar-refractivity contribution in [1.82, 2.24) is 44.9 Å². The van der Waals surface area contributed by atoms with Crippen LogP contribution in [0.5, 0.6) is 28.7 Å². The Morgan fingerprint density at radius 1 is 0.376 bits per heavy atom. The molecular formula is C97H82FN13O6. The van der Waals surface area contributed by atoms with Crippen molar-refractivity contribution in [1.29, 1.82) is 0 Å². The Hall–Kier alpha value is -16.0. The molecule has 5 aromatic carbocycles. The van der Waals surface area contributed by atoms with Gasteiger partial charge in [-0.3, -0.25) is 0 Å². The molecule has 0 aliphatic rings. The number of rotatable bonds is 14. The maximum atomic E-state index is 13.7. The van der Waals surface area contributed by atoms with Crippen molar-refractivity contribution in [3.8, 4) is 64.3 Å². The summed E-state index contributed by atoms with van der Waals surface area (Å²) in [7, 11) is 11.5. The van der Waals surface area contributed by atoms with Crippen LogP contribution in [0.1, 0.15) is 69.0 Å². The lowest BCUT2D eigenvalue weighted by atomic mass is 10.2. The van der Waals surface area contributed by atoms with E-state index in [9.17, 15) is 29.9 Å². The minimum absolute atomic E-state index is 0.187. The standard InChI is InChI=1S/C20H19N3O.C20H17N3O.C19H14FNO2.C19H17N3O.C19H15N3O/c2*1-23(2)20-12-7-15(14-21-20)5-3-4-6-17-9-8-16-13-18(24)10-11-19(16)22-17;1-2-15-8-7-13(19(20)21-15)5-3-4-6-17-12-14-11-16(22)9-10-18(14)23-17;2*1-20-19-11-6-14(13-21-19)4-2-3-5-16-8-7-15-12-17(23)9-10-18(15)22-16/h3-14,24H,1-2H3;4,6-14,24H,1-2H3;4,6-12,22H,2H2,1H3;2-13,23H,1H3,(H,20,21);3,5-13,23H,1H3,(H,20,21)/b5-3+,6-4+;2*6-4+;4-2+,5-3+;5-3+. The summed E-state index contributed by atoms with van der Waals surface area (Å²) in [6, 6.07) is 61.7. The van der Waals surface area contributed by atoms with Gasteiger partial charge < -0.3 is 50.4 Å². The molecule has 0 unspecified atom stereocenters. The number of fused-ring (bicyclic) bond motifs is 5. The fraction of sp³-hybridized carbons (Fsp3) is 0.0825. The zero-order valence-corrected chi connectivity index (χ0v) is 65.2. The average Bonchev–Trinajstić information content (AvgIpc) is 1.81. The number of hydrogen-bond donors (Lipinski definition) is 7. The number of allylic oxidation sites excluding steroid dienone is 7. The van der Waals surface area contributed by atoms with Gasteiger partial charge in [-0.05, 0) is 248 Å². The number of hydrogen-bond acceptors (Lipinski definition) is 19.